The summed E-state index contributed by atoms with van der Waals surface area (Å²) >= 11 is 0. The van der Waals surface area contributed by atoms with E-state index < -0.39 is 0 Å². The van der Waals surface area contributed by atoms with Crippen LogP contribution in [0, 0.1) is 19.8 Å². The van der Waals surface area contributed by atoms with Crippen LogP contribution in [0.25, 0.3) is 0 Å². The number of benzene rings is 1. The molecule has 1 heterocycles. The zero-order valence-corrected chi connectivity index (χ0v) is 14.3. The average molecular weight is 325 g/mol. The molecule has 1 saturated carbocycles. The van der Waals surface area contributed by atoms with Crippen LogP contribution >= 0.6 is 0 Å². The molecule has 1 aliphatic rings. The molecule has 1 fully saturated rings. The highest BCUT2D eigenvalue weighted by atomic mass is 16.3. The van der Waals surface area contributed by atoms with Gasteiger partial charge < -0.3 is 9.73 Å². The van der Waals surface area contributed by atoms with Gasteiger partial charge in [0.1, 0.15) is 11.5 Å². The molecule has 3 rings (SSSR count). The van der Waals surface area contributed by atoms with E-state index in [-0.39, 0.29) is 12.5 Å². The fraction of sp³-hybridized carbons (Fsp3) is 0.368. The van der Waals surface area contributed by atoms with Crippen LogP contribution in [0.3, 0.4) is 0 Å². The van der Waals surface area contributed by atoms with Crippen LogP contribution in [0.4, 0.5) is 5.69 Å². The molecule has 0 spiro atoms. The topological polar surface area (TPSA) is 66.6 Å². The molecular formula is C19H23N3O2. The maximum atomic E-state index is 11.8. The number of hydrogen-bond donors (Lipinski definition) is 2. The molecular weight excluding hydrogens is 302 g/mol. The van der Waals surface area contributed by atoms with Crippen molar-refractivity contribution in [1.82, 2.24) is 5.43 Å². The first-order valence-corrected chi connectivity index (χ1v) is 8.25. The molecule has 0 unspecified atom stereocenters. The standard InChI is InChI=1S/C19H23N3O2/c1-12-4-6-17(14(3)8-12)20-11-19(23)22-21-10-15-5-7-18(24-15)16-9-13(16)2/h4-8,10,13,16,20H,9,11H2,1-3H3,(H,22,23)/b21-10-/t13-,16-/m0/s1. The number of carbonyl (C=O) groups excluding carboxylic acids is 1. The predicted molar refractivity (Wildman–Crippen MR) is 95.4 cm³/mol. The van der Waals surface area contributed by atoms with Gasteiger partial charge in [0.25, 0.3) is 5.91 Å². The number of rotatable bonds is 6. The van der Waals surface area contributed by atoms with Crippen LogP contribution in [0.15, 0.2) is 39.9 Å². The second-order valence-electron chi connectivity index (χ2n) is 6.52. The van der Waals surface area contributed by atoms with Gasteiger partial charge in [-0.05, 0) is 49.9 Å². The Morgan fingerprint density at radius 2 is 2.12 bits per heavy atom. The van der Waals surface area contributed by atoms with Crippen molar-refractivity contribution in [2.45, 2.75) is 33.1 Å². The molecule has 1 aromatic carbocycles. The number of nitrogens with one attached hydrogen (secondary N) is 2. The van der Waals surface area contributed by atoms with Crippen LogP contribution in [0.1, 0.15) is 41.9 Å². The van der Waals surface area contributed by atoms with Crippen molar-refractivity contribution in [3.05, 3.63) is 53.0 Å². The molecule has 0 aliphatic heterocycles. The Hall–Kier alpha value is -2.56. The van der Waals surface area contributed by atoms with Gasteiger partial charge in [-0.2, -0.15) is 5.10 Å². The molecule has 5 heteroatoms. The molecule has 0 bridgehead atoms. The lowest BCUT2D eigenvalue weighted by molar-refractivity contribution is -0.119. The molecule has 2 atom stereocenters. The Bertz CT molecular complexity index is 764. The SMILES string of the molecule is Cc1ccc(NCC(=O)N/N=C\c2ccc([C@H]3C[C@@H]3C)o2)c(C)c1. The van der Waals surface area contributed by atoms with Crippen LogP contribution in [0.2, 0.25) is 0 Å². The summed E-state index contributed by atoms with van der Waals surface area (Å²) in [4.78, 5) is 11.8. The van der Waals surface area contributed by atoms with E-state index in [0.717, 1.165) is 17.0 Å². The van der Waals surface area contributed by atoms with E-state index in [0.29, 0.717) is 17.6 Å². The lowest BCUT2D eigenvalue weighted by Gasteiger charge is -2.09. The number of carbonyl (C=O) groups is 1. The third-order valence-corrected chi connectivity index (χ3v) is 4.32. The van der Waals surface area contributed by atoms with E-state index in [4.69, 9.17) is 4.42 Å². The van der Waals surface area contributed by atoms with E-state index >= 15 is 0 Å². The van der Waals surface area contributed by atoms with Gasteiger partial charge in [0.05, 0.1) is 12.8 Å². The Kier molecular flexibility index (Phi) is 4.69. The predicted octanol–water partition coefficient (Wildman–Crippen LogP) is 3.58. The van der Waals surface area contributed by atoms with Gasteiger partial charge in [-0.25, -0.2) is 5.43 Å². The minimum atomic E-state index is -0.200. The zero-order valence-electron chi connectivity index (χ0n) is 14.3. The smallest absolute Gasteiger partial charge is 0.259 e. The van der Waals surface area contributed by atoms with E-state index in [1.165, 1.54) is 18.2 Å². The quantitative estimate of drug-likeness (QED) is 0.630. The normalized spacial score (nSPS) is 19.5. The number of furan rings is 1. The van der Waals surface area contributed by atoms with E-state index in [2.05, 4.69) is 28.8 Å². The molecule has 2 aromatic rings. The van der Waals surface area contributed by atoms with Crippen molar-refractivity contribution >= 4 is 17.8 Å². The minimum Gasteiger partial charge on any atom is -0.460 e. The first kappa shape index (κ1) is 16.3. The maximum absolute atomic E-state index is 11.8. The molecule has 1 aromatic heterocycles. The monoisotopic (exact) mass is 325 g/mol. The molecule has 5 nitrogen and oxygen atoms in total. The van der Waals surface area contributed by atoms with E-state index in [1.807, 2.05) is 38.1 Å². The molecule has 2 N–H and O–H groups in total. The molecule has 1 aliphatic carbocycles. The van der Waals surface area contributed by atoms with Gasteiger partial charge in [-0.1, -0.05) is 24.6 Å². The minimum absolute atomic E-state index is 0.171. The summed E-state index contributed by atoms with van der Waals surface area (Å²) in [7, 11) is 0. The molecule has 24 heavy (non-hydrogen) atoms. The largest absolute Gasteiger partial charge is 0.460 e. The summed E-state index contributed by atoms with van der Waals surface area (Å²) in [6.45, 7) is 6.44. The number of aryl methyl sites for hydroxylation is 2. The van der Waals surface area contributed by atoms with Gasteiger partial charge in [0.15, 0.2) is 0 Å². The Balaban J connectivity index is 1.45. The third kappa shape index (κ3) is 4.04. The van der Waals surface area contributed by atoms with E-state index in [1.54, 1.807) is 0 Å². The Labute approximate surface area is 142 Å². The lowest BCUT2D eigenvalue weighted by Crippen LogP contribution is -2.26. The molecule has 0 radical (unpaired) electrons. The van der Waals surface area contributed by atoms with Crippen LogP contribution in [-0.2, 0) is 4.79 Å². The van der Waals surface area contributed by atoms with E-state index in [9.17, 15) is 4.79 Å². The molecule has 126 valence electrons. The second kappa shape index (κ2) is 6.91. The number of amides is 1. The summed E-state index contributed by atoms with van der Waals surface area (Å²) in [5.41, 5.74) is 5.77. The fourth-order valence-corrected chi connectivity index (χ4v) is 2.75. The zero-order chi connectivity index (χ0) is 17.1. The van der Waals surface area contributed by atoms with Crippen molar-refractivity contribution in [1.29, 1.82) is 0 Å². The van der Waals surface area contributed by atoms with Crippen molar-refractivity contribution in [2.24, 2.45) is 11.0 Å². The fourth-order valence-electron chi connectivity index (χ4n) is 2.75. The van der Waals surface area contributed by atoms with Gasteiger partial charge in [0.2, 0.25) is 0 Å². The summed E-state index contributed by atoms with van der Waals surface area (Å²) in [5, 5.41) is 7.06. The maximum Gasteiger partial charge on any atom is 0.259 e. The number of hydrogen-bond acceptors (Lipinski definition) is 4. The number of anilines is 1. The van der Waals surface area contributed by atoms with Crippen molar-refractivity contribution in [2.75, 3.05) is 11.9 Å². The van der Waals surface area contributed by atoms with Crippen molar-refractivity contribution in [3.8, 4) is 0 Å². The van der Waals surface area contributed by atoms with Crippen LogP contribution < -0.4 is 10.7 Å². The number of nitrogens with zero attached hydrogens (tertiary/aromatic N) is 1. The highest BCUT2D eigenvalue weighted by Gasteiger charge is 2.36. The summed E-state index contributed by atoms with van der Waals surface area (Å²) in [5.74, 6) is 2.72. The Morgan fingerprint density at radius 3 is 2.83 bits per heavy atom. The molecule has 0 saturated heterocycles. The third-order valence-electron chi connectivity index (χ3n) is 4.32. The highest BCUT2D eigenvalue weighted by Crippen LogP contribution is 2.47. The van der Waals surface area contributed by atoms with Crippen molar-refractivity contribution in [3.63, 3.8) is 0 Å². The summed E-state index contributed by atoms with van der Waals surface area (Å²) in [6.07, 6.45) is 2.72. The van der Waals surface area contributed by atoms with Gasteiger partial charge >= 0.3 is 0 Å². The summed E-state index contributed by atoms with van der Waals surface area (Å²) < 4.78 is 5.70. The molecule has 1 amide bonds. The van der Waals surface area contributed by atoms with Crippen LogP contribution in [-0.4, -0.2) is 18.7 Å². The van der Waals surface area contributed by atoms with Gasteiger partial charge in [0, 0.05) is 11.6 Å². The van der Waals surface area contributed by atoms with Gasteiger partial charge in [-0.15, -0.1) is 0 Å². The lowest BCUT2D eigenvalue weighted by atomic mass is 10.1. The Morgan fingerprint density at radius 1 is 1.33 bits per heavy atom. The van der Waals surface area contributed by atoms with Crippen LogP contribution in [0.5, 0.6) is 0 Å². The summed E-state index contributed by atoms with van der Waals surface area (Å²) in [6, 6.07) is 9.93. The van der Waals surface area contributed by atoms with Crippen molar-refractivity contribution < 1.29 is 9.21 Å². The number of hydrazone groups is 1. The first-order chi connectivity index (χ1) is 11.5. The van der Waals surface area contributed by atoms with Gasteiger partial charge in [-0.3, -0.25) is 4.79 Å². The highest BCUT2D eigenvalue weighted by molar-refractivity contribution is 5.83. The average Bonchev–Trinajstić information content (AvgIpc) is 3.08. The second-order valence-corrected chi connectivity index (χ2v) is 6.52. The first-order valence-electron chi connectivity index (χ1n) is 8.25.